The van der Waals surface area contributed by atoms with E-state index in [1.54, 1.807) is 13.1 Å². The minimum absolute atomic E-state index is 0.173. The van der Waals surface area contributed by atoms with Crippen molar-refractivity contribution in [1.29, 1.82) is 0 Å². The number of alkyl halides is 1. The molecule has 1 atom stereocenters. The van der Waals surface area contributed by atoms with E-state index < -0.39 is 11.3 Å². The molecule has 1 unspecified atom stereocenters. The molecule has 0 radical (unpaired) electrons. The number of fused-ring (bicyclic) bond motifs is 1. The largest absolute Gasteiger partial charge is 0.468 e. The number of nitrogens with one attached hydrogen (secondary N) is 2. The summed E-state index contributed by atoms with van der Waals surface area (Å²) >= 11 is 5.82. The molecule has 0 saturated heterocycles. The predicted octanol–water partition coefficient (Wildman–Crippen LogP) is 1.98. The Kier molecular flexibility index (Phi) is 5.16. The Morgan fingerprint density at radius 3 is 2.86 bits per heavy atom. The van der Waals surface area contributed by atoms with E-state index in [2.05, 4.69) is 20.2 Å². The second-order valence-electron chi connectivity index (χ2n) is 4.71. The summed E-state index contributed by atoms with van der Waals surface area (Å²) in [7, 11) is 1.24. The number of H-pyrrole nitrogens is 1. The SMILES string of the molecule is COC(=O)C(Cl)/C(C)=N/NC(=O)Cc1c[nH]c2ccccc12. The van der Waals surface area contributed by atoms with Gasteiger partial charge in [-0.15, -0.1) is 11.6 Å². The molecule has 2 N–H and O–H groups in total. The van der Waals surface area contributed by atoms with Crippen molar-refractivity contribution in [3.05, 3.63) is 36.0 Å². The predicted molar refractivity (Wildman–Crippen MR) is 84.9 cm³/mol. The van der Waals surface area contributed by atoms with Crippen LogP contribution in [0.1, 0.15) is 12.5 Å². The van der Waals surface area contributed by atoms with Crippen molar-refractivity contribution in [2.45, 2.75) is 18.7 Å². The number of amides is 1. The van der Waals surface area contributed by atoms with Gasteiger partial charge in [-0.05, 0) is 18.6 Å². The summed E-state index contributed by atoms with van der Waals surface area (Å²) in [6.07, 6.45) is 1.96. The third-order valence-electron chi connectivity index (χ3n) is 3.16. The zero-order chi connectivity index (χ0) is 16.1. The van der Waals surface area contributed by atoms with Crippen molar-refractivity contribution < 1.29 is 14.3 Å². The number of ether oxygens (including phenoxy) is 1. The van der Waals surface area contributed by atoms with Crippen LogP contribution in [0.25, 0.3) is 10.9 Å². The number of hydrogen-bond acceptors (Lipinski definition) is 4. The zero-order valence-corrected chi connectivity index (χ0v) is 13.0. The van der Waals surface area contributed by atoms with Crippen molar-refractivity contribution in [3.63, 3.8) is 0 Å². The van der Waals surface area contributed by atoms with E-state index in [-0.39, 0.29) is 18.0 Å². The van der Waals surface area contributed by atoms with E-state index in [9.17, 15) is 9.59 Å². The molecule has 1 heterocycles. The number of rotatable bonds is 5. The van der Waals surface area contributed by atoms with Crippen LogP contribution in [0.15, 0.2) is 35.6 Å². The van der Waals surface area contributed by atoms with E-state index in [4.69, 9.17) is 11.6 Å². The van der Waals surface area contributed by atoms with Crippen LogP contribution in [-0.4, -0.2) is 35.1 Å². The number of hydrogen-bond donors (Lipinski definition) is 2. The maximum atomic E-state index is 11.9. The molecule has 7 heteroatoms. The zero-order valence-electron chi connectivity index (χ0n) is 12.2. The molecule has 0 bridgehead atoms. The molecule has 2 rings (SSSR count). The van der Waals surface area contributed by atoms with Gasteiger partial charge in [-0.1, -0.05) is 18.2 Å². The second kappa shape index (κ2) is 7.09. The first-order chi connectivity index (χ1) is 10.5. The van der Waals surface area contributed by atoms with Crippen LogP contribution in [0.2, 0.25) is 0 Å². The number of halogens is 1. The molecule has 1 aromatic carbocycles. The highest BCUT2D eigenvalue weighted by Gasteiger charge is 2.19. The van der Waals surface area contributed by atoms with Crippen LogP contribution in [-0.2, 0) is 20.7 Å². The normalized spacial score (nSPS) is 13.0. The number of aromatic nitrogens is 1. The summed E-state index contributed by atoms with van der Waals surface area (Å²) in [5.41, 5.74) is 4.49. The average molecular weight is 322 g/mol. The van der Waals surface area contributed by atoms with E-state index in [1.165, 1.54) is 7.11 Å². The highest BCUT2D eigenvalue weighted by atomic mass is 35.5. The molecular formula is C15H16ClN3O3. The van der Waals surface area contributed by atoms with Crippen LogP contribution in [0.5, 0.6) is 0 Å². The Bertz CT molecular complexity index is 724. The lowest BCUT2D eigenvalue weighted by atomic mass is 10.1. The van der Waals surface area contributed by atoms with Gasteiger partial charge in [-0.2, -0.15) is 5.10 Å². The molecule has 1 aromatic heterocycles. The molecule has 0 aliphatic carbocycles. The van der Waals surface area contributed by atoms with Gasteiger partial charge in [0.2, 0.25) is 5.91 Å². The van der Waals surface area contributed by atoms with Crippen LogP contribution in [0.4, 0.5) is 0 Å². The first-order valence-electron chi connectivity index (χ1n) is 6.63. The van der Waals surface area contributed by atoms with Crippen molar-refractivity contribution in [2.24, 2.45) is 5.10 Å². The van der Waals surface area contributed by atoms with Gasteiger partial charge >= 0.3 is 5.97 Å². The number of esters is 1. The summed E-state index contributed by atoms with van der Waals surface area (Å²) < 4.78 is 4.50. The Labute approximate surface area is 132 Å². The fraction of sp³-hybridized carbons (Fsp3) is 0.267. The van der Waals surface area contributed by atoms with Crippen molar-refractivity contribution in [1.82, 2.24) is 10.4 Å². The summed E-state index contributed by atoms with van der Waals surface area (Å²) in [6.45, 7) is 1.54. The van der Waals surface area contributed by atoms with Crippen LogP contribution in [0, 0.1) is 0 Å². The highest BCUT2D eigenvalue weighted by Crippen LogP contribution is 2.17. The average Bonchev–Trinajstić information content (AvgIpc) is 2.94. The van der Waals surface area contributed by atoms with Gasteiger partial charge in [0.1, 0.15) is 0 Å². The van der Waals surface area contributed by atoms with Gasteiger partial charge in [0.05, 0.1) is 19.2 Å². The third-order valence-corrected chi connectivity index (χ3v) is 3.65. The first kappa shape index (κ1) is 16.0. The Hall–Kier alpha value is -2.34. The number of para-hydroxylation sites is 1. The maximum Gasteiger partial charge on any atom is 0.329 e. The van der Waals surface area contributed by atoms with Crippen LogP contribution in [0.3, 0.4) is 0 Å². The fourth-order valence-electron chi connectivity index (χ4n) is 1.97. The van der Waals surface area contributed by atoms with Gasteiger partial charge in [0.15, 0.2) is 5.38 Å². The van der Waals surface area contributed by atoms with Gasteiger partial charge in [0, 0.05) is 17.1 Å². The number of methoxy groups -OCH3 is 1. The van der Waals surface area contributed by atoms with E-state index in [0.717, 1.165) is 16.5 Å². The smallest absolute Gasteiger partial charge is 0.329 e. The minimum atomic E-state index is -1.02. The van der Waals surface area contributed by atoms with Crippen LogP contribution >= 0.6 is 11.6 Å². The quantitative estimate of drug-likeness (QED) is 0.382. The Morgan fingerprint density at radius 1 is 1.41 bits per heavy atom. The highest BCUT2D eigenvalue weighted by molar-refractivity contribution is 6.41. The molecule has 6 nitrogen and oxygen atoms in total. The lowest BCUT2D eigenvalue weighted by Gasteiger charge is -2.07. The summed E-state index contributed by atoms with van der Waals surface area (Å²) in [4.78, 5) is 26.3. The maximum absolute atomic E-state index is 11.9. The van der Waals surface area contributed by atoms with Crippen molar-refractivity contribution in [2.75, 3.05) is 7.11 Å². The molecule has 2 aromatic rings. The van der Waals surface area contributed by atoms with Crippen molar-refractivity contribution in [3.8, 4) is 0 Å². The topological polar surface area (TPSA) is 83.5 Å². The fourth-order valence-corrected chi connectivity index (χ4v) is 2.11. The number of nitrogens with zero attached hydrogens (tertiary/aromatic N) is 1. The number of carbonyl (C=O) groups excluding carboxylic acids is 2. The lowest BCUT2D eigenvalue weighted by molar-refractivity contribution is -0.138. The minimum Gasteiger partial charge on any atom is -0.468 e. The van der Waals surface area contributed by atoms with Gasteiger partial charge in [-0.3, -0.25) is 9.59 Å². The van der Waals surface area contributed by atoms with Crippen LogP contribution < -0.4 is 5.43 Å². The molecular weight excluding hydrogens is 306 g/mol. The molecule has 0 spiro atoms. The second-order valence-corrected chi connectivity index (χ2v) is 5.15. The molecule has 0 aliphatic rings. The molecule has 0 aliphatic heterocycles. The first-order valence-corrected chi connectivity index (χ1v) is 7.06. The van der Waals surface area contributed by atoms with Crippen molar-refractivity contribution >= 4 is 40.1 Å². The molecule has 0 saturated carbocycles. The summed E-state index contributed by atoms with van der Waals surface area (Å²) in [5, 5.41) is 3.80. The van der Waals surface area contributed by atoms with E-state index in [1.807, 2.05) is 24.3 Å². The number of aromatic amines is 1. The number of carbonyl (C=O) groups is 2. The molecule has 116 valence electrons. The Morgan fingerprint density at radius 2 is 2.14 bits per heavy atom. The Balaban J connectivity index is 2.00. The monoisotopic (exact) mass is 321 g/mol. The standard InChI is InChI=1S/C15H16ClN3O3/c1-9(14(16)15(21)22-2)18-19-13(20)7-10-8-17-12-6-4-3-5-11(10)12/h3-6,8,14,17H,7H2,1-2H3,(H,19,20)/b18-9+. The molecule has 1 amide bonds. The van der Waals surface area contributed by atoms with Gasteiger partial charge in [-0.25, -0.2) is 5.43 Å². The van der Waals surface area contributed by atoms with E-state index >= 15 is 0 Å². The van der Waals surface area contributed by atoms with Gasteiger partial charge in [0.25, 0.3) is 0 Å². The van der Waals surface area contributed by atoms with Gasteiger partial charge < -0.3 is 9.72 Å². The number of benzene rings is 1. The molecule has 22 heavy (non-hydrogen) atoms. The lowest BCUT2D eigenvalue weighted by Crippen LogP contribution is -2.28. The molecule has 0 fully saturated rings. The summed E-state index contributed by atoms with van der Waals surface area (Å²) in [5.74, 6) is -0.911. The summed E-state index contributed by atoms with van der Waals surface area (Å²) in [6, 6.07) is 7.71. The van der Waals surface area contributed by atoms with E-state index in [0.29, 0.717) is 0 Å². The third kappa shape index (κ3) is 3.65. The number of hydrazone groups is 1.